The summed E-state index contributed by atoms with van der Waals surface area (Å²) in [5, 5.41) is 4.68. The summed E-state index contributed by atoms with van der Waals surface area (Å²) in [6.45, 7) is 2.21. The molecule has 3 atom stereocenters. The van der Waals surface area contributed by atoms with Gasteiger partial charge in [-0.3, -0.25) is 24.3 Å². The third-order valence-electron chi connectivity index (χ3n) is 6.48. The second-order valence-corrected chi connectivity index (χ2v) is 10.1. The van der Waals surface area contributed by atoms with Crippen molar-refractivity contribution in [1.29, 1.82) is 0 Å². The Morgan fingerprint density at radius 1 is 1.25 bits per heavy atom. The molecule has 3 N–H and O–H groups in total. The molecule has 2 aliphatic rings. The van der Waals surface area contributed by atoms with Crippen LogP contribution in [0.2, 0.25) is 0 Å². The lowest BCUT2D eigenvalue weighted by Crippen LogP contribution is -2.53. The van der Waals surface area contributed by atoms with Crippen molar-refractivity contribution in [2.24, 2.45) is 5.73 Å². The molecule has 1 saturated carbocycles. The van der Waals surface area contributed by atoms with Crippen LogP contribution in [0.3, 0.4) is 0 Å². The fraction of sp³-hybridized carbons (Fsp3) is 0.440. The number of nitrogens with two attached hydrogens (primary N) is 1. The van der Waals surface area contributed by atoms with Gasteiger partial charge in [-0.15, -0.1) is 11.3 Å². The van der Waals surface area contributed by atoms with Gasteiger partial charge in [0.1, 0.15) is 16.5 Å². The van der Waals surface area contributed by atoms with Gasteiger partial charge in [-0.1, -0.05) is 19.4 Å². The number of nitrogens with zero attached hydrogens (tertiary/aromatic N) is 4. The Balaban J connectivity index is 1.40. The molecule has 1 saturated heterocycles. The van der Waals surface area contributed by atoms with Crippen LogP contribution in [0, 0.1) is 0 Å². The van der Waals surface area contributed by atoms with Gasteiger partial charge in [0.05, 0.1) is 17.6 Å². The van der Waals surface area contributed by atoms with E-state index in [0.29, 0.717) is 36.7 Å². The third kappa shape index (κ3) is 5.07. The lowest BCUT2D eigenvalue weighted by Gasteiger charge is -2.29. The van der Waals surface area contributed by atoms with Crippen LogP contribution in [0.4, 0.5) is 0 Å². The zero-order valence-corrected chi connectivity index (χ0v) is 20.7. The molecule has 4 heterocycles. The average Bonchev–Trinajstić information content (AvgIpc) is 3.38. The molecule has 2 unspecified atom stereocenters. The minimum atomic E-state index is -0.740. The highest BCUT2D eigenvalue weighted by Gasteiger charge is 2.44. The minimum absolute atomic E-state index is 0.0737. The van der Waals surface area contributed by atoms with Crippen LogP contribution in [0.1, 0.15) is 39.0 Å². The number of pyridine rings is 1. The summed E-state index contributed by atoms with van der Waals surface area (Å²) in [5.74, 6) is -0.838. The third-order valence-corrected chi connectivity index (χ3v) is 7.37. The molecule has 0 bridgehead atoms. The van der Waals surface area contributed by atoms with Crippen molar-refractivity contribution < 1.29 is 19.1 Å². The predicted octanol–water partition coefficient (Wildman–Crippen LogP) is 2.08. The number of carbonyl (C=O) groups excluding carboxylic acids is 3. The zero-order chi connectivity index (χ0) is 25.2. The highest BCUT2D eigenvalue weighted by molar-refractivity contribution is 7.17. The first-order chi connectivity index (χ1) is 17.4. The summed E-state index contributed by atoms with van der Waals surface area (Å²) in [6.07, 6.45) is 4.42. The second-order valence-electron chi connectivity index (χ2n) is 9.21. The predicted molar refractivity (Wildman–Crippen MR) is 134 cm³/mol. The summed E-state index contributed by atoms with van der Waals surface area (Å²) in [7, 11) is 0. The number of amides is 2. The molecule has 2 amide bonds. The summed E-state index contributed by atoms with van der Waals surface area (Å²) < 4.78 is 7.12. The minimum Gasteiger partial charge on any atom is -0.472 e. The molecule has 36 heavy (non-hydrogen) atoms. The van der Waals surface area contributed by atoms with Crippen molar-refractivity contribution in [3.63, 3.8) is 0 Å². The lowest BCUT2D eigenvalue weighted by atomic mass is 10.0. The van der Waals surface area contributed by atoms with Gasteiger partial charge >= 0.3 is 0 Å². The molecule has 0 aromatic carbocycles. The summed E-state index contributed by atoms with van der Waals surface area (Å²) in [5.41, 5.74) is 7.10. The van der Waals surface area contributed by atoms with Gasteiger partial charge in [-0.2, -0.15) is 4.98 Å². The maximum absolute atomic E-state index is 13.1. The summed E-state index contributed by atoms with van der Waals surface area (Å²) in [4.78, 5) is 53.3. The van der Waals surface area contributed by atoms with Crippen molar-refractivity contribution in [3.8, 4) is 17.4 Å². The number of ketones is 1. The van der Waals surface area contributed by atoms with Crippen molar-refractivity contribution in [2.75, 3.05) is 6.54 Å². The molecule has 2 fully saturated rings. The largest absolute Gasteiger partial charge is 0.472 e. The molecule has 1 aliphatic heterocycles. The molecular formula is C25H28N6O4S. The van der Waals surface area contributed by atoms with Crippen LogP contribution >= 0.6 is 11.3 Å². The Kier molecular flexibility index (Phi) is 6.92. The number of ether oxygens (including phenoxy) is 1. The lowest BCUT2D eigenvalue weighted by molar-refractivity contribution is -0.142. The van der Waals surface area contributed by atoms with Crippen LogP contribution in [0.15, 0.2) is 35.8 Å². The van der Waals surface area contributed by atoms with E-state index in [4.69, 9.17) is 10.5 Å². The number of fused-ring (bicyclic) bond motifs is 1. The number of primary amides is 1. The first kappa shape index (κ1) is 24.3. The average molecular weight is 509 g/mol. The van der Waals surface area contributed by atoms with E-state index < -0.39 is 35.8 Å². The second kappa shape index (κ2) is 10.3. The van der Waals surface area contributed by atoms with Crippen LogP contribution in [-0.2, 0) is 14.4 Å². The van der Waals surface area contributed by atoms with Gasteiger partial charge in [0.15, 0.2) is 5.82 Å². The van der Waals surface area contributed by atoms with E-state index in [0.717, 1.165) is 23.1 Å². The maximum atomic E-state index is 13.1. The van der Waals surface area contributed by atoms with Crippen molar-refractivity contribution >= 4 is 39.2 Å². The fourth-order valence-corrected chi connectivity index (χ4v) is 5.33. The van der Waals surface area contributed by atoms with Gasteiger partial charge < -0.3 is 15.8 Å². The first-order valence-electron chi connectivity index (χ1n) is 12.2. The molecule has 188 valence electrons. The van der Waals surface area contributed by atoms with Gasteiger partial charge in [0, 0.05) is 25.2 Å². The van der Waals surface area contributed by atoms with Gasteiger partial charge in [-0.05, 0) is 42.8 Å². The Labute approximate surface area is 212 Å². The number of nitrogens with one attached hydrogen (secondary N) is 1. The molecule has 0 spiro atoms. The van der Waals surface area contributed by atoms with E-state index in [1.54, 1.807) is 11.1 Å². The molecule has 5 rings (SSSR count). The maximum Gasteiger partial charge on any atom is 0.289 e. The zero-order valence-electron chi connectivity index (χ0n) is 19.9. The first-order valence-corrected chi connectivity index (χ1v) is 13.1. The van der Waals surface area contributed by atoms with Crippen molar-refractivity contribution in [1.82, 2.24) is 25.2 Å². The van der Waals surface area contributed by atoms with E-state index in [1.165, 1.54) is 11.3 Å². The van der Waals surface area contributed by atoms with Crippen LogP contribution in [0.25, 0.3) is 21.7 Å². The van der Waals surface area contributed by atoms with Crippen LogP contribution < -0.4 is 15.8 Å². The number of aromatic nitrogens is 3. The quantitative estimate of drug-likeness (QED) is 0.397. The van der Waals surface area contributed by atoms with Gasteiger partial charge in [0.25, 0.3) is 5.91 Å². The normalized spacial score (nSPS) is 20.8. The molecule has 3 aromatic rings. The van der Waals surface area contributed by atoms with E-state index in [2.05, 4.69) is 20.3 Å². The summed E-state index contributed by atoms with van der Waals surface area (Å²) in [6, 6.07) is 6.01. The molecular weight excluding hydrogens is 480 g/mol. The molecule has 3 aromatic heterocycles. The van der Waals surface area contributed by atoms with E-state index in [9.17, 15) is 14.4 Å². The molecule has 10 nitrogen and oxygen atoms in total. The standard InChI is InChI=1S/C25H28N6O4S/c1-2-5-18(20(32)24(34)28-14-7-8-14)31-13-15(12-19(31)22(26)33)35-25-21-16(9-11-36-21)29-23(30-25)17-6-3-4-10-27-17/h3-4,6,9-11,14-15,18-19H,2,5,7-8,12-13H2,1H3,(H2,26,33)(H,28,34)/t15?,18-,19?/m0/s1. The van der Waals surface area contributed by atoms with Gasteiger partial charge in [-0.25, -0.2) is 4.98 Å². The van der Waals surface area contributed by atoms with E-state index >= 15 is 0 Å². The number of thiophene rings is 1. The molecule has 1 aliphatic carbocycles. The Hall–Kier alpha value is -3.44. The SMILES string of the molecule is CCC[C@@H](C(=O)C(=O)NC1CC1)N1CC(Oc2nc(-c3ccccn3)nc3ccsc23)CC1C(N)=O. The van der Waals surface area contributed by atoms with Crippen molar-refractivity contribution in [3.05, 3.63) is 35.8 Å². The Morgan fingerprint density at radius 2 is 2.08 bits per heavy atom. The Bertz CT molecular complexity index is 1280. The summed E-state index contributed by atoms with van der Waals surface area (Å²) >= 11 is 1.46. The molecule has 0 radical (unpaired) electrons. The number of Topliss-reactive ketones (excluding diaryl/α,β-unsaturated/α-hetero) is 1. The topological polar surface area (TPSA) is 140 Å². The number of rotatable bonds is 10. The highest BCUT2D eigenvalue weighted by atomic mass is 32.1. The van der Waals surface area contributed by atoms with Crippen LogP contribution in [-0.4, -0.2) is 68.2 Å². The fourth-order valence-electron chi connectivity index (χ4n) is 4.57. The number of hydrogen-bond acceptors (Lipinski definition) is 9. The highest BCUT2D eigenvalue weighted by Crippen LogP contribution is 2.33. The van der Waals surface area contributed by atoms with Crippen LogP contribution in [0.5, 0.6) is 5.88 Å². The van der Waals surface area contributed by atoms with Gasteiger partial charge in [0.2, 0.25) is 17.6 Å². The smallest absolute Gasteiger partial charge is 0.289 e. The van der Waals surface area contributed by atoms with E-state index in [-0.39, 0.29) is 12.6 Å². The number of carbonyl (C=O) groups is 3. The number of hydrogen-bond donors (Lipinski definition) is 2. The number of likely N-dealkylation sites (tertiary alicyclic amines) is 1. The Morgan fingerprint density at radius 3 is 2.78 bits per heavy atom. The van der Waals surface area contributed by atoms with Crippen molar-refractivity contribution in [2.45, 2.75) is 63.3 Å². The molecule has 11 heteroatoms. The van der Waals surface area contributed by atoms with E-state index in [1.807, 2.05) is 36.6 Å². The monoisotopic (exact) mass is 508 g/mol.